The van der Waals surface area contributed by atoms with Gasteiger partial charge in [-0.25, -0.2) is 15.0 Å². The van der Waals surface area contributed by atoms with E-state index in [2.05, 4.69) is 213 Å². The summed E-state index contributed by atoms with van der Waals surface area (Å²) in [6.45, 7) is 28.0. The molecule has 516 valence electrons. The number of rotatable bonds is 2. The maximum atomic E-state index is 8.12. The van der Waals surface area contributed by atoms with Crippen molar-refractivity contribution in [1.82, 2.24) is 15.0 Å². The Morgan fingerprint density at radius 3 is 0.887 bits per heavy atom. The van der Waals surface area contributed by atoms with E-state index in [0.29, 0.717) is 0 Å². The minimum atomic E-state index is 0. The molecule has 0 unspecified atom stereocenters. The topological polar surface area (TPSA) is 151 Å². The SMILES string of the molecule is C.C#Cc1ccccc1.CBr.CC.CC.CC.CC.CC.CC.CC#Cc1ccccc1.CCCc1ccccc1.CN1c2ccccc2Cc2cccnc21.CN1c2ccccc2Cc2cccnc21.CN1c2ccccc2Cc2cccnc21.I.O=C=O.O=C=O.O=C=O.[H-].[K+]. The van der Waals surface area contributed by atoms with Crippen LogP contribution in [0.1, 0.15) is 162 Å². The largest absolute Gasteiger partial charge is 1.00 e. The molecule has 6 heterocycles. The molecule has 0 amide bonds. The molecule has 3 aliphatic rings. The zero-order valence-corrected chi connectivity index (χ0v) is 67.4. The Hall–Kier alpha value is -7.72. The number of aryl methyl sites for hydroxylation is 1. The third-order valence-corrected chi connectivity index (χ3v) is 12.1. The van der Waals surface area contributed by atoms with Gasteiger partial charge in [-0.15, -0.1) is 36.3 Å². The molecular formula is C82H107BrIKN6O6. The molecule has 0 N–H and O–H groups in total. The fraction of sp³-hybridized carbons (Fsp3) is 0.293. The minimum absolute atomic E-state index is 0. The molecule has 0 bridgehead atoms. The van der Waals surface area contributed by atoms with Crippen LogP contribution in [0.4, 0.5) is 34.5 Å². The molecule has 0 spiro atoms. The van der Waals surface area contributed by atoms with E-state index in [1.54, 1.807) is 0 Å². The van der Waals surface area contributed by atoms with Crippen molar-refractivity contribution in [2.75, 3.05) is 41.7 Å². The number of hydrogen-bond donors (Lipinski definition) is 0. The van der Waals surface area contributed by atoms with Gasteiger partial charge in [-0.1, -0.05) is 271 Å². The van der Waals surface area contributed by atoms with Gasteiger partial charge in [0.15, 0.2) is 0 Å². The summed E-state index contributed by atoms with van der Waals surface area (Å²) in [6.07, 6.45) is 16.8. The van der Waals surface area contributed by atoms with Gasteiger partial charge in [-0.3, -0.25) is 0 Å². The Morgan fingerprint density at radius 1 is 0.402 bits per heavy atom. The fourth-order valence-electron chi connectivity index (χ4n) is 8.66. The molecule has 0 atom stereocenters. The summed E-state index contributed by atoms with van der Waals surface area (Å²) in [5, 5.41) is 0. The molecule has 0 fully saturated rings. The van der Waals surface area contributed by atoms with Gasteiger partial charge in [0.2, 0.25) is 0 Å². The molecule has 6 aromatic carbocycles. The van der Waals surface area contributed by atoms with Crippen molar-refractivity contribution in [3.63, 3.8) is 0 Å². The van der Waals surface area contributed by atoms with E-state index in [0.717, 1.165) is 47.8 Å². The van der Waals surface area contributed by atoms with Crippen molar-refractivity contribution < 1.29 is 81.6 Å². The van der Waals surface area contributed by atoms with E-state index in [1.165, 1.54) is 68.8 Å². The summed E-state index contributed by atoms with van der Waals surface area (Å²) in [4.78, 5) is 68.5. The predicted molar refractivity (Wildman–Crippen MR) is 420 cm³/mol. The molecule has 3 aromatic heterocycles. The Balaban J connectivity index is -0.000000156. The van der Waals surface area contributed by atoms with Crippen molar-refractivity contribution >= 4 is 92.9 Å². The second-order valence-corrected chi connectivity index (χ2v) is 17.3. The number of halogens is 2. The average Bonchev–Trinajstić information content (AvgIpc) is 0.808. The second kappa shape index (κ2) is 72.5. The standard InChI is InChI=1S/3C13H12N2.C9H12.C9H8.C8H6.6C2H6.CH3Br.3CO2.CH4.HI.K.H/c3*1-15-12-7-3-2-5-10(12)9-11-6-4-8-14-13(11)15;2*1-2-6-9-7-4-3-5-8-9;1-2-8-6-4-3-5-7-8;7*1-2;3*2-1-3;;;;/h3*2-8H,9H2,1H3;3-5,7-8H,2,6H2,1H3;3-5,7-8H,1H3;1,3-7H;6*1-2H3;1H3;;;;1H4;1H;;/q;;;;;;;;;;;;;;;;;;+1;-1. The van der Waals surface area contributed by atoms with E-state index in [-0.39, 0.29) is 103 Å². The number of benzene rings is 6. The summed E-state index contributed by atoms with van der Waals surface area (Å²) in [5.41, 5.74) is 15.3. The van der Waals surface area contributed by atoms with Gasteiger partial charge in [0, 0.05) is 87.2 Å². The number of hydrogen-bond acceptors (Lipinski definition) is 12. The molecule has 9 aromatic rings. The molecule has 12 nitrogen and oxygen atoms in total. The minimum Gasteiger partial charge on any atom is -1.00 e. The van der Waals surface area contributed by atoms with Crippen LogP contribution in [-0.4, -0.2) is 60.4 Å². The van der Waals surface area contributed by atoms with Crippen molar-refractivity contribution in [2.24, 2.45) is 0 Å². The summed E-state index contributed by atoms with van der Waals surface area (Å²) in [6, 6.07) is 68.0. The van der Waals surface area contributed by atoms with Crippen LogP contribution in [0.25, 0.3) is 0 Å². The first-order chi connectivity index (χ1) is 46.1. The number of pyridine rings is 3. The van der Waals surface area contributed by atoms with Crippen molar-refractivity contribution in [1.29, 1.82) is 0 Å². The number of nitrogens with zero attached hydrogens (tertiary/aromatic N) is 6. The van der Waals surface area contributed by atoms with Crippen molar-refractivity contribution in [2.45, 2.75) is 136 Å². The molecule has 0 radical (unpaired) electrons. The Morgan fingerprint density at radius 2 is 0.639 bits per heavy atom. The number of carbonyl (C=O) groups excluding carboxylic acids is 6. The first kappa shape index (κ1) is 103. The van der Waals surface area contributed by atoms with Crippen LogP contribution >= 0.6 is 39.9 Å². The Bertz CT molecular complexity index is 3150. The number of anilines is 6. The number of terminal acetylenes is 1. The van der Waals surface area contributed by atoms with E-state index < -0.39 is 0 Å². The van der Waals surface area contributed by atoms with Crippen LogP contribution in [0.3, 0.4) is 0 Å². The molecule has 3 aliphatic heterocycles. The molecule has 12 rings (SSSR count). The van der Waals surface area contributed by atoms with E-state index in [9.17, 15) is 0 Å². The predicted octanol–water partition coefficient (Wildman–Crippen LogP) is 18.4. The maximum absolute atomic E-state index is 8.12. The molecule has 97 heavy (non-hydrogen) atoms. The third kappa shape index (κ3) is 41.2. The van der Waals surface area contributed by atoms with Crippen LogP contribution in [-0.2, 0) is 54.5 Å². The first-order valence-corrected chi connectivity index (χ1v) is 33.4. The van der Waals surface area contributed by atoms with Gasteiger partial charge in [-0.2, -0.15) is 28.8 Å². The van der Waals surface area contributed by atoms with Gasteiger partial charge < -0.3 is 16.1 Å². The van der Waals surface area contributed by atoms with Crippen LogP contribution in [0.2, 0.25) is 0 Å². The summed E-state index contributed by atoms with van der Waals surface area (Å²) in [5.74, 6) is 13.4. The zero-order valence-electron chi connectivity index (χ0n) is 61.3. The van der Waals surface area contributed by atoms with Gasteiger partial charge in [-0.05, 0) is 119 Å². The number of fused-ring (bicyclic) bond motifs is 6. The summed E-state index contributed by atoms with van der Waals surface area (Å²) < 4.78 is 0. The third-order valence-electron chi connectivity index (χ3n) is 12.1. The van der Waals surface area contributed by atoms with Gasteiger partial charge in [0.25, 0.3) is 0 Å². The summed E-state index contributed by atoms with van der Waals surface area (Å²) in [7, 11) is 6.22. The van der Waals surface area contributed by atoms with Gasteiger partial charge >= 0.3 is 69.8 Å². The number of para-hydroxylation sites is 3. The monoisotopic (exact) mass is 1520 g/mol. The zero-order chi connectivity index (χ0) is 71.7. The van der Waals surface area contributed by atoms with E-state index in [4.69, 9.17) is 35.2 Å². The van der Waals surface area contributed by atoms with Gasteiger partial charge in [0.1, 0.15) is 17.5 Å². The van der Waals surface area contributed by atoms with Crippen molar-refractivity contribution in [3.8, 4) is 24.2 Å². The van der Waals surface area contributed by atoms with Crippen LogP contribution < -0.4 is 66.1 Å². The van der Waals surface area contributed by atoms with Crippen LogP contribution in [0.5, 0.6) is 0 Å². The normalized spacial score (nSPS) is 9.07. The maximum Gasteiger partial charge on any atom is 1.00 e. The molecule has 0 saturated carbocycles. The number of alkyl halides is 1. The smallest absolute Gasteiger partial charge is 1.00 e. The van der Waals surface area contributed by atoms with E-state index >= 15 is 0 Å². The number of aromatic nitrogens is 3. The molecular weight excluding hydrogens is 1410 g/mol. The fourth-order valence-corrected chi connectivity index (χ4v) is 8.66. The first-order valence-electron chi connectivity index (χ1n) is 31.8. The average molecular weight is 1520 g/mol. The quantitative estimate of drug-likeness (QED) is 0.0701. The van der Waals surface area contributed by atoms with Crippen LogP contribution in [0, 0.1) is 24.2 Å². The van der Waals surface area contributed by atoms with E-state index in [1.807, 2.05) is 193 Å². The van der Waals surface area contributed by atoms with Crippen molar-refractivity contribution in [3.05, 3.63) is 269 Å². The molecule has 15 heteroatoms. The Kier molecular flexibility index (Phi) is 76.9. The van der Waals surface area contributed by atoms with Gasteiger partial charge in [0.05, 0.1) is 0 Å². The molecule has 0 saturated heterocycles. The molecule has 0 aliphatic carbocycles. The second-order valence-electron chi connectivity index (χ2n) is 17.3. The summed E-state index contributed by atoms with van der Waals surface area (Å²) >= 11 is 2.94. The van der Waals surface area contributed by atoms with Crippen LogP contribution in [0.15, 0.2) is 219 Å². The Labute approximate surface area is 654 Å².